The van der Waals surface area contributed by atoms with Gasteiger partial charge in [0.15, 0.2) is 0 Å². The van der Waals surface area contributed by atoms with Gasteiger partial charge >= 0.3 is 0 Å². The fourth-order valence-corrected chi connectivity index (χ4v) is 2.27. The molecule has 1 aromatic heterocycles. The van der Waals surface area contributed by atoms with Crippen molar-refractivity contribution in [2.75, 3.05) is 26.2 Å². The van der Waals surface area contributed by atoms with Gasteiger partial charge in [-0.2, -0.15) is 5.26 Å². The summed E-state index contributed by atoms with van der Waals surface area (Å²) in [6.45, 7) is 3.72. The number of likely N-dealkylation sites (tertiary alicyclic amines) is 1. The summed E-state index contributed by atoms with van der Waals surface area (Å²) in [7, 11) is 0. The van der Waals surface area contributed by atoms with Crippen LogP contribution < -0.4 is 4.74 Å². The first-order valence-electron chi connectivity index (χ1n) is 6.21. The maximum absolute atomic E-state index is 8.85. The van der Waals surface area contributed by atoms with Crippen LogP contribution in [0.15, 0.2) is 12.3 Å². The Morgan fingerprint density at radius 3 is 2.89 bits per heavy atom. The number of hydrogen-bond donors (Lipinski definition) is 0. The van der Waals surface area contributed by atoms with Crippen LogP contribution in [0.2, 0.25) is 5.02 Å². The number of hydrogen-bond acceptors (Lipinski definition) is 4. The molecule has 1 aromatic rings. The maximum atomic E-state index is 8.85. The van der Waals surface area contributed by atoms with Crippen LogP contribution in [0.5, 0.6) is 5.88 Å². The van der Waals surface area contributed by atoms with Crippen LogP contribution in [0.1, 0.15) is 24.8 Å². The number of ether oxygens (including phenoxy) is 1. The van der Waals surface area contributed by atoms with Gasteiger partial charge in [-0.05, 0) is 32.0 Å². The first kappa shape index (κ1) is 13.1. The first-order chi connectivity index (χ1) is 8.81. The molecule has 0 aliphatic carbocycles. The molecule has 1 fully saturated rings. The van der Waals surface area contributed by atoms with E-state index in [9.17, 15) is 0 Å². The SMILES string of the molecule is N#Cc1ccnc(OCCN2CCCCC2)c1Cl. The van der Waals surface area contributed by atoms with E-state index in [1.165, 1.54) is 19.3 Å². The van der Waals surface area contributed by atoms with Crippen molar-refractivity contribution in [3.63, 3.8) is 0 Å². The quantitative estimate of drug-likeness (QED) is 0.839. The average Bonchev–Trinajstić information content (AvgIpc) is 2.42. The van der Waals surface area contributed by atoms with Gasteiger partial charge in [0.2, 0.25) is 5.88 Å². The summed E-state index contributed by atoms with van der Waals surface area (Å²) < 4.78 is 5.55. The number of rotatable bonds is 4. The van der Waals surface area contributed by atoms with Crippen LogP contribution in [0.3, 0.4) is 0 Å². The summed E-state index contributed by atoms with van der Waals surface area (Å²) in [6, 6.07) is 3.60. The fourth-order valence-electron chi connectivity index (χ4n) is 2.07. The van der Waals surface area contributed by atoms with Crippen molar-refractivity contribution in [2.24, 2.45) is 0 Å². The minimum Gasteiger partial charge on any atom is -0.475 e. The minimum atomic E-state index is 0.304. The predicted molar refractivity (Wildman–Crippen MR) is 69.7 cm³/mol. The predicted octanol–water partition coefficient (Wildman–Crippen LogP) is 2.47. The maximum Gasteiger partial charge on any atom is 0.233 e. The summed E-state index contributed by atoms with van der Waals surface area (Å²) in [5.41, 5.74) is 0.402. The monoisotopic (exact) mass is 265 g/mol. The highest BCUT2D eigenvalue weighted by Gasteiger charge is 2.11. The van der Waals surface area contributed by atoms with Crippen molar-refractivity contribution in [1.82, 2.24) is 9.88 Å². The summed E-state index contributed by atoms with van der Waals surface area (Å²) in [5.74, 6) is 0.354. The Bertz CT molecular complexity index is 438. The third-order valence-electron chi connectivity index (χ3n) is 3.07. The van der Waals surface area contributed by atoms with Gasteiger partial charge in [-0.25, -0.2) is 4.98 Å². The zero-order valence-electron chi connectivity index (χ0n) is 10.2. The zero-order chi connectivity index (χ0) is 12.8. The molecule has 0 aromatic carbocycles. The van der Waals surface area contributed by atoms with Crippen LogP contribution in [0.25, 0.3) is 0 Å². The van der Waals surface area contributed by atoms with Gasteiger partial charge < -0.3 is 4.74 Å². The molecule has 2 heterocycles. The van der Waals surface area contributed by atoms with Crippen molar-refractivity contribution >= 4 is 11.6 Å². The van der Waals surface area contributed by atoms with Crippen molar-refractivity contribution < 1.29 is 4.74 Å². The summed E-state index contributed by atoms with van der Waals surface area (Å²) >= 11 is 6.01. The van der Waals surface area contributed by atoms with Crippen molar-refractivity contribution in [1.29, 1.82) is 5.26 Å². The fraction of sp³-hybridized carbons (Fsp3) is 0.538. The Morgan fingerprint density at radius 1 is 1.39 bits per heavy atom. The van der Waals surface area contributed by atoms with Crippen molar-refractivity contribution in [3.05, 3.63) is 22.8 Å². The molecule has 0 saturated carbocycles. The Balaban J connectivity index is 1.84. The molecular formula is C13H16ClN3O. The van der Waals surface area contributed by atoms with Crippen molar-refractivity contribution in [2.45, 2.75) is 19.3 Å². The van der Waals surface area contributed by atoms with Crippen LogP contribution in [0, 0.1) is 11.3 Å². The van der Waals surface area contributed by atoms with E-state index in [1.807, 2.05) is 6.07 Å². The molecule has 1 aliphatic rings. The number of aromatic nitrogens is 1. The van der Waals surface area contributed by atoms with Gasteiger partial charge in [-0.3, -0.25) is 4.90 Å². The Labute approximate surface area is 112 Å². The van der Waals surface area contributed by atoms with E-state index < -0.39 is 0 Å². The van der Waals surface area contributed by atoms with Gasteiger partial charge in [-0.15, -0.1) is 0 Å². The van der Waals surface area contributed by atoms with E-state index in [0.29, 0.717) is 23.1 Å². The standard InChI is InChI=1S/C13H16ClN3O/c14-12-11(10-15)4-5-16-13(12)18-9-8-17-6-2-1-3-7-17/h4-5H,1-3,6-9H2. The summed E-state index contributed by atoms with van der Waals surface area (Å²) in [5, 5.41) is 9.15. The van der Waals surface area contributed by atoms with Gasteiger partial charge in [-0.1, -0.05) is 18.0 Å². The third kappa shape index (κ3) is 3.34. The summed E-state index contributed by atoms with van der Waals surface area (Å²) in [4.78, 5) is 6.43. The smallest absolute Gasteiger partial charge is 0.233 e. The molecule has 1 saturated heterocycles. The molecule has 0 radical (unpaired) electrons. The molecule has 1 aliphatic heterocycles. The van der Waals surface area contributed by atoms with E-state index in [4.69, 9.17) is 21.6 Å². The van der Waals surface area contributed by atoms with Crippen molar-refractivity contribution in [3.8, 4) is 11.9 Å². The number of pyridine rings is 1. The highest BCUT2D eigenvalue weighted by molar-refractivity contribution is 6.32. The molecule has 5 heteroatoms. The summed E-state index contributed by atoms with van der Waals surface area (Å²) in [6.07, 6.45) is 5.40. The lowest BCUT2D eigenvalue weighted by atomic mass is 10.1. The average molecular weight is 266 g/mol. The van der Waals surface area contributed by atoms with Crippen LogP contribution in [-0.4, -0.2) is 36.1 Å². The number of nitriles is 1. The topological polar surface area (TPSA) is 49.1 Å². The van der Waals surface area contributed by atoms with Crippen LogP contribution in [-0.2, 0) is 0 Å². The second-order valence-electron chi connectivity index (χ2n) is 4.34. The molecule has 18 heavy (non-hydrogen) atoms. The lowest BCUT2D eigenvalue weighted by molar-refractivity contribution is 0.180. The number of halogens is 1. The highest BCUT2D eigenvalue weighted by Crippen LogP contribution is 2.24. The molecule has 0 spiro atoms. The van der Waals surface area contributed by atoms with Crippen LogP contribution in [0.4, 0.5) is 0 Å². The third-order valence-corrected chi connectivity index (χ3v) is 3.44. The molecule has 0 N–H and O–H groups in total. The zero-order valence-corrected chi connectivity index (χ0v) is 11.0. The van der Waals surface area contributed by atoms with Gasteiger partial charge in [0.05, 0.1) is 5.56 Å². The largest absolute Gasteiger partial charge is 0.475 e. The Morgan fingerprint density at radius 2 is 2.17 bits per heavy atom. The molecule has 0 unspecified atom stereocenters. The minimum absolute atomic E-state index is 0.304. The molecular weight excluding hydrogens is 250 g/mol. The molecule has 0 atom stereocenters. The Hall–Kier alpha value is -1.31. The van der Waals surface area contributed by atoms with Gasteiger partial charge in [0, 0.05) is 12.7 Å². The van der Waals surface area contributed by atoms with Gasteiger partial charge in [0.1, 0.15) is 17.7 Å². The normalized spacial score (nSPS) is 16.2. The molecule has 2 rings (SSSR count). The van der Waals surface area contributed by atoms with Gasteiger partial charge in [0.25, 0.3) is 0 Å². The van der Waals surface area contributed by atoms with E-state index >= 15 is 0 Å². The molecule has 4 nitrogen and oxygen atoms in total. The van der Waals surface area contributed by atoms with E-state index in [1.54, 1.807) is 12.3 Å². The van der Waals surface area contributed by atoms with Crippen LogP contribution >= 0.6 is 11.6 Å². The number of piperidine rings is 1. The highest BCUT2D eigenvalue weighted by atomic mass is 35.5. The second kappa shape index (κ2) is 6.58. The first-order valence-corrected chi connectivity index (χ1v) is 6.59. The van der Waals surface area contributed by atoms with E-state index in [2.05, 4.69) is 9.88 Å². The lowest BCUT2D eigenvalue weighted by Crippen LogP contribution is -2.33. The number of nitrogens with zero attached hydrogens (tertiary/aromatic N) is 3. The molecule has 0 bridgehead atoms. The second-order valence-corrected chi connectivity index (χ2v) is 4.72. The molecule has 96 valence electrons. The molecule has 0 amide bonds. The van der Waals surface area contributed by atoms with E-state index in [0.717, 1.165) is 19.6 Å². The lowest BCUT2D eigenvalue weighted by Gasteiger charge is -2.26. The Kier molecular flexibility index (Phi) is 4.80. The van der Waals surface area contributed by atoms with E-state index in [-0.39, 0.29) is 0 Å².